The molecule has 2 aromatic rings. The molecule has 1 aromatic heterocycles. The van der Waals surface area contributed by atoms with E-state index in [0.29, 0.717) is 11.1 Å². The number of hydrogen-bond donors (Lipinski definition) is 1. The highest BCUT2D eigenvalue weighted by Gasteiger charge is 2.38. The lowest BCUT2D eigenvalue weighted by molar-refractivity contribution is 0.0602. The van der Waals surface area contributed by atoms with Crippen molar-refractivity contribution in [3.63, 3.8) is 0 Å². The smallest absolute Gasteiger partial charge is 0.273 e. The lowest BCUT2D eigenvalue weighted by Gasteiger charge is -2.38. The fraction of sp³-hybridized carbons (Fsp3) is 0.500. The number of amides is 1. The summed E-state index contributed by atoms with van der Waals surface area (Å²) in [5.74, 6) is 0.114. The summed E-state index contributed by atoms with van der Waals surface area (Å²) >= 11 is 1.61. The Bertz CT molecular complexity index is 722. The summed E-state index contributed by atoms with van der Waals surface area (Å²) in [7, 11) is 0. The maximum atomic E-state index is 12.7. The Morgan fingerprint density at radius 1 is 1.11 bits per heavy atom. The van der Waals surface area contributed by atoms with Crippen LogP contribution in [0.25, 0.3) is 0 Å². The van der Waals surface area contributed by atoms with Crippen molar-refractivity contribution in [1.29, 1.82) is 0 Å². The van der Waals surface area contributed by atoms with Crippen LogP contribution in [0.5, 0.6) is 0 Å². The number of piperidine rings is 1. The Kier molecular flexibility index (Phi) is 8.10. The Labute approximate surface area is 177 Å². The predicted molar refractivity (Wildman–Crippen MR) is 116 cm³/mol. The second-order valence-electron chi connectivity index (χ2n) is 7.33. The van der Waals surface area contributed by atoms with Gasteiger partial charge in [-0.15, -0.1) is 36.2 Å². The summed E-state index contributed by atoms with van der Waals surface area (Å²) < 4.78 is 0. The Balaban J connectivity index is 0.00000131. The summed E-state index contributed by atoms with van der Waals surface area (Å²) in [4.78, 5) is 19.3. The molecule has 0 radical (unpaired) electrons. The number of aryl methyl sites for hydroxylation is 2. The summed E-state index contributed by atoms with van der Waals surface area (Å²) in [6, 6.07) is 10.4. The van der Waals surface area contributed by atoms with Gasteiger partial charge in [0.15, 0.2) is 0 Å². The number of benzene rings is 1. The molecule has 4 rings (SSSR count). The van der Waals surface area contributed by atoms with Gasteiger partial charge in [-0.1, -0.05) is 30.3 Å². The van der Waals surface area contributed by atoms with E-state index >= 15 is 0 Å². The molecule has 1 spiro atoms. The molecule has 2 saturated heterocycles. The standard InChI is InChI=1S/C20H25N3OS.2ClH/c24-19(23-12-9-20(10-13-23)8-11-21-15-20)17-14-25-18(22-17)7-6-16-4-2-1-3-5-16;;/h1-5,14,21H,6-13,15H2;2*1H. The van der Waals surface area contributed by atoms with Gasteiger partial charge in [0.1, 0.15) is 5.69 Å². The van der Waals surface area contributed by atoms with Crippen LogP contribution in [0.15, 0.2) is 35.7 Å². The van der Waals surface area contributed by atoms with Gasteiger partial charge in [0.25, 0.3) is 5.91 Å². The molecule has 0 aliphatic carbocycles. The molecule has 7 heteroatoms. The normalized spacial score (nSPS) is 18.0. The van der Waals surface area contributed by atoms with Gasteiger partial charge in [-0.3, -0.25) is 4.79 Å². The average Bonchev–Trinajstić information content (AvgIpc) is 3.31. The minimum Gasteiger partial charge on any atom is -0.337 e. The summed E-state index contributed by atoms with van der Waals surface area (Å²) in [6.45, 7) is 3.99. The second-order valence-corrected chi connectivity index (χ2v) is 8.27. The van der Waals surface area contributed by atoms with Gasteiger partial charge >= 0.3 is 0 Å². The van der Waals surface area contributed by atoms with E-state index in [-0.39, 0.29) is 30.7 Å². The van der Waals surface area contributed by atoms with Crippen LogP contribution in [0.3, 0.4) is 0 Å². The van der Waals surface area contributed by atoms with Crippen molar-refractivity contribution < 1.29 is 4.79 Å². The van der Waals surface area contributed by atoms with Gasteiger partial charge in [-0.05, 0) is 43.2 Å². The third-order valence-corrected chi connectivity index (χ3v) is 6.59. The average molecular weight is 428 g/mol. The SMILES string of the molecule is Cl.Cl.O=C(c1csc(CCc2ccccc2)n1)N1CCC2(CCNC2)CC1. The number of rotatable bonds is 4. The molecule has 2 fully saturated rings. The lowest BCUT2D eigenvalue weighted by atomic mass is 9.78. The molecule has 0 saturated carbocycles. The Morgan fingerprint density at radius 3 is 2.52 bits per heavy atom. The third-order valence-electron chi connectivity index (χ3n) is 5.68. The molecule has 0 atom stereocenters. The molecule has 148 valence electrons. The van der Waals surface area contributed by atoms with Gasteiger partial charge in [-0.2, -0.15) is 0 Å². The number of nitrogens with one attached hydrogen (secondary N) is 1. The van der Waals surface area contributed by atoms with Crippen molar-refractivity contribution in [2.75, 3.05) is 26.2 Å². The minimum absolute atomic E-state index is 0. The molecule has 0 bridgehead atoms. The van der Waals surface area contributed by atoms with Crippen LogP contribution in [0, 0.1) is 5.41 Å². The lowest BCUT2D eigenvalue weighted by Crippen LogP contribution is -2.44. The first-order valence-electron chi connectivity index (χ1n) is 9.23. The van der Waals surface area contributed by atoms with Gasteiger partial charge in [-0.25, -0.2) is 4.98 Å². The fourth-order valence-corrected chi connectivity index (χ4v) is 4.76. The quantitative estimate of drug-likeness (QED) is 0.801. The van der Waals surface area contributed by atoms with Crippen LogP contribution in [0.1, 0.15) is 40.3 Å². The van der Waals surface area contributed by atoms with Crippen molar-refractivity contribution in [2.45, 2.75) is 32.1 Å². The van der Waals surface area contributed by atoms with E-state index in [1.807, 2.05) is 16.3 Å². The zero-order chi connectivity index (χ0) is 17.1. The minimum atomic E-state index is 0. The molecule has 27 heavy (non-hydrogen) atoms. The fourth-order valence-electron chi connectivity index (χ4n) is 3.99. The van der Waals surface area contributed by atoms with Crippen molar-refractivity contribution >= 4 is 42.1 Å². The Hall–Kier alpha value is -1.14. The van der Waals surface area contributed by atoms with Gasteiger partial charge in [0, 0.05) is 31.4 Å². The summed E-state index contributed by atoms with van der Waals surface area (Å²) in [5.41, 5.74) is 2.39. The zero-order valence-electron chi connectivity index (χ0n) is 15.4. The highest BCUT2D eigenvalue weighted by molar-refractivity contribution is 7.09. The first-order chi connectivity index (χ1) is 12.2. The molecular formula is C20H27Cl2N3OS. The van der Waals surface area contributed by atoms with Crippen LogP contribution < -0.4 is 5.32 Å². The van der Waals surface area contributed by atoms with E-state index in [0.717, 1.165) is 56.9 Å². The maximum Gasteiger partial charge on any atom is 0.273 e. The molecular weight excluding hydrogens is 401 g/mol. The van der Waals surface area contributed by atoms with Crippen LogP contribution in [-0.4, -0.2) is 42.0 Å². The first kappa shape index (κ1) is 22.2. The number of halogens is 2. The molecule has 4 nitrogen and oxygen atoms in total. The predicted octanol–water partition coefficient (Wildman–Crippen LogP) is 3.99. The number of carbonyl (C=O) groups excluding carboxylic acids is 1. The molecule has 3 heterocycles. The largest absolute Gasteiger partial charge is 0.337 e. The Morgan fingerprint density at radius 2 is 1.85 bits per heavy atom. The van der Waals surface area contributed by atoms with Crippen LogP contribution >= 0.6 is 36.2 Å². The molecule has 1 aromatic carbocycles. The van der Waals surface area contributed by atoms with Crippen LogP contribution in [0.2, 0.25) is 0 Å². The van der Waals surface area contributed by atoms with Crippen molar-refractivity contribution in [2.24, 2.45) is 5.41 Å². The molecule has 1 N–H and O–H groups in total. The van der Waals surface area contributed by atoms with E-state index in [1.54, 1.807) is 11.3 Å². The topological polar surface area (TPSA) is 45.2 Å². The number of hydrogen-bond acceptors (Lipinski definition) is 4. The number of nitrogens with zero attached hydrogens (tertiary/aromatic N) is 2. The van der Waals surface area contributed by atoms with Crippen molar-refractivity contribution in [3.8, 4) is 0 Å². The number of thiazole rings is 1. The summed E-state index contributed by atoms with van der Waals surface area (Å²) in [6.07, 6.45) is 5.38. The number of aromatic nitrogens is 1. The van der Waals surface area contributed by atoms with Gasteiger partial charge < -0.3 is 10.2 Å². The van der Waals surface area contributed by atoms with E-state index in [9.17, 15) is 4.79 Å². The van der Waals surface area contributed by atoms with Crippen molar-refractivity contribution in [1.82, 2.24) is 15.2 Å². The number of likely N-dealkylation sites (tertiary alicyclic amines) is 1. The molecule has 1 amide bonds. The van der Waals surface area contributed by atoms with Crippen molar-refractivity contribution in [3.05, 3.63) is 52.0 Å². The molecule has 2 aliphatic heterocycles. The summed E-state index contributed by atoms with van der Waals surface area (Å²) in [5, 5.41) is 6.47. The molecule has 2 aliphatic rings. The second kappa shape index (κ2) is 9.87. The van der Waals surface area contributed by atoms with Crippen LogP contribution in [-0.2, 0) is 12.8 Å². The monoisotopic (exact) mass is 427 g/mol. The highest BCUT2D eigenvalue weighted by Crippen LogP contribution is 2.37. The maximum absolute atomic E-state index is 12.7. The molecule has 0 unspecified atom stereocenters. The van der Waals surface area contributed by atoms with E-state index in [1.165, 1.54) is 12.0 Å². The van der Waals surface area contributed by atoms with E-state index in [2.05, 4.69) is 34.6 Å². The van der Waals surface area contributed by atoms with Gasteiger partial charge in [0.05, 0.1) is 5.01 Å². The zero-order valence-corrected chi connectivity index (χ0v) is 17.8. The number of carbonyl (C=O) groups is 1. The highest BCUT2D eigenvalue weighted by atomic mass is 35.5. The van der Waals surface area contributed by atoms with Gasteiger partial charge in [0.2, 0.25) is 0 Å². The van der Waals surface area contributed by atoms with E-state index < -0.39 is 0 Å². The van der Waals surface area contributed by atoms with E-state index in [4.69, 9.17) is 0 Å². The first-order valence-corrected chi connectivity index (χ1v) is 10.1. The van der Waals surface area contributed by atoms with Crippen LogP contribution in [0.4, 0.5) is 0 Å². The third kappa shape index (κ3) is 5.23.